The van der Waals surface area contributed by atoms with E-state index in [1.807, 2.05) is 31.2 Å². The first-order valence-corrected chi connectivity index (χ1v) is 6.80. The van der Waals surface area contributed by atoms with Crippen LogP contribution in [-0.2, 0) is 0 Å². The molecule has 0 saturated carbocycles. The van der Waals surface area contributed by atoms with Crippen LogP contribution in [0.1, 0.15) is 18.5 Å². The highest BCUT2D eigenvalue weighted by Crippen LogP contribution is 2.26. The summed E-state index contributed by atoms with van der Waals surface area (Å²) in [5, 5.41) is 14.0. The van der Waals surface area contributed by atoms with Crippen LogP contribution in [0.15, 0.2) is 34.9 Å². The minimum Gasteiger partial charge on any atom is -0.358 e. The molecule has 9 heteroatoms. The molecule has 2 rings (SSSR count). The minimum absolute atomic E-state index is 0.103. The van der Waals surface area contributed by atoms with Crippen molar-refractivity contribution in [2.45, 2.75) is 13.0 Å². The molecule has 8 nitrogen and oxygen atoms in total. The molecule has 0 aliphatic rings. The van der Waals surface area contributed by atoms with E-state index in [4.69, 9.17) is 5.84 Å². The van der Waals surface area contributed by atoms with Gasteiger partial charge in [0, 0.05) is 4.47 Å². The summed E-state index contributed by atoms with van der Waals surface area (Å²) in [5.41, 5.74) is 3.02. The van der Waals surface area contributed by atoms with E-state index in [-0.39, 0.29) is 23.5 Å². The summed E-state index contributed by atoms with van der Waals surface area (Å²) in [5.74, 6) is 5.44. The second-order valence-corrected chi connectivity index (χ2v) is 5.16. The van der Waals surface area contributed by atoms with Crippen LogP contribution in [0.2, 0.25) is 0 Å². The summed E-state index contributed by atoms with van der Waals surface area (Å²) < 4.78 is 0.959. The van der Waals surface area contributed by atoms with Gasteiger partial charge in [0.25, 0.3) is 0 Å². The zero-order valence-corrected chi connectivity index (χ0v) is 12.7. The molecule has 1 atom stereocenters. The molecule has 0 amide bonds. The van der Waals surface area contributed by atoms with Gasteiger partial charge in [-0.2, -0.15) is 4.98 Å². The Bertz CT molecular complexity index is 649. The highest BCUT2D eigenvalue weighted by Gasteiger charge is 2.19. The minimum atomic E-state index is -0.545. The maximum atomic E-state index is 11.0. The molecule has 0 radical (unpaired) electrons. The van der Waals surface area contributed by atoms with Crippen molar-refractivity contribution in [2.75, 3.05) is 10.7 Å². The molecular formula is C12H13BrN6O2. The van der Waals surface area contributed by atoms with Gasteiger partial charge in [-0.1, -0.05) is 28.1 Å². The Hall–Kier alpha value is -2.26. The van der Waals surface area contributed by atoms with Gasteiger partial charge >= 0.3 is 5.69 Å². The Labute approximate surface area is 129 Å². The fraction of sp³-hybridized carbons (Fsp3) is 0.167. The van der Waals surface area contributed by atoms with Gasteiger partial charge in [-0.15, -0.1) is 0 Å². The van der Waals surface area contributed by atoms with Crippen LogP contribution < -0.4 is 16.6 Å². The topological polar surface area (TPSA) is 119 Å². The molecule has 0 fully saturated rings. The molecule has 110 valence electrons. The third-order valence-corrected chi connectivity index (χ3v) is 3.35. The summed E-state index contributed by atoms with van der Waals surface area (Å²) in [6, 6.07) is 7.45. The molecule has 1 aromatic carbocycles. The van der Waals surface area contributed by atoms with Gasteiger partial charge in [0.15, 0.2) is 0 Å². The number of nitrogens with two attached hydrogens (primary N) is 1. The Morgan fingerprint density at radius 1 is 1.38 bits per heavy atom. The maximum absolute atomic E-state index is 11.0. The smallest absolute Gasteiger partial charge is 0.329 e. The Morgan fingerprint density at radius 2 is 2.05 bits per heavy atom. The Balaban J connectivity index is 2.28. The van der Waals surface area contributed by atoms with Crippen molar-refractivity contribution >= 4 is 33.4 Å². The molecule has 0 saturated heterocycles. The maximum Gasteiger partial charge on any atom is 0.329 e. The van der Waals surface area contributed by atoms with E-state index in [9.17, 15) is 10.1 Å². The van der Waals surface area contributed by atoms with Crippen molar-refractivity contribution < 1.29 is 4.92 Å². The van der Waals surface area contributed by atoms with E-state index >= 15 is 0 Å². The summed E-state index contributed by atoms with van der Waals surface area (Å²) in [6.07, 6.45) is 1.11. The van der Waals surface area contributed by atoms with E-state index in [1.54, 1.807) is 0 Å². The molecule has 0 bridgehead atoms. The third-order valence-electron chi connectivity index (χ3n) is 2.82. The van der Waals surface area contributed by atoms with Gasteiger partial charge in [0.1, 0.15) is 6.20 Å². The number of halogens is 1. The molecule has 0 aliphatic carbocycles. The first kappa shape index (κ1) is 15.1. The molecule has 1 aromatic heterocycles. The second-order valence-electron chi connectivity index (χ2n) is 4.25. The predicted octanol–water partition coefficient (Wildman–Crippen LogP) is 2.61. The van der Waals surface area contributed by atoms with E-state index in [0.29, 0.717) is 0 Å². The van der Waals surface area contributed by atoms with Gasteiger partial charge in [0.05, 0.1) is 11.0 Å². The number of aromatic nitrogens is 2. The zero-order valence-electron chi connectivity index (χ0n) is 11.1. The lowest BCUT2D eigenvalue weighted by atomic mass is 10.1. The number of nitrogens with one attached hydrogen (secondary N) is 2. The van der Waals surface area contributed by atoms with Crippen molar-refractivity contribution in [3.05, 3.63) is 50.6 Å². The molecule has 21 heavy (non-hydrogen) atoms. The molecule has 2 aromatic rings. The van der Waals surface area contributed by atoms with Gasteiger partial charge in [-0.3, -0.25) is 15.5 Å². The summed E-state index contributed by atoms with van der Waals surface area (Å²) in [6.45, 7) is 1.88. The number of hydrazine groups is 1. The van der Waals surface area contributed by atoms with E-state index in [2.05, 4.69) is 36.6 Å². The SMILES string of the molecule is CC(Nc1nc(NN)ncc1[N+](=O)[O-])c1ccc(Br)cc1. The van der Waals surface area contributed by atoms with Crippen molar-refractivity contribution in [3.63, 3.8) is 0 Å². The van der Waals surface area contributed by atoms with Crippen LogP contribution in [0, 0.1) is 10.1 Å². The predicted molar refractivity (Wildman–Crippen MR) is 82.7 cm³/mol. The zero-order chi connectivity index (χ0) is 15.4. The average molecular weight is 353 g/mol. The molecule has 4 N–H and O–H groups in total. The van der Waals surface area contributed by atoms with Crippen LogP contribution in [-0.4, -0.2) is 14.9 Å². The molecule has 1 heterocycles. The molecule has 0 spiro atoms. The standard InChI is InChI=1S/C12H13BrN6O2/c1-7(8-2-4-9(13)5-3-8)16-11-10(19(20)21)6-15-12(17-11)18-14/h2-7H,14H2,1H3,(H2,15,16,17,18). The van der Waals surface area contributed by atoms with E-state index in [0.717, 1.165) is 16.2 Å². The van der Waals surface area contributed by atoms with Gasteiger partial charge in [-0.05, 0) is 24.6 Å². The Morgan fingerprint density at radius 3 is 2.62 bits per heavy atom. The quantitative estimate of drug-likeness (QED) is 0.429. The largest absolute Gasteiger partial charge is 0.358 e. The number of benzene rings is 1. The fourth-order valence-corrected chi connectivity index (χ4v) is 1.99. The molecule has 1 unspecified atom stereocenters. The lowest BCUT2D eigenvalue weighted by molar-refractivity contribution is -0.384. The number of rotatable bonds is 5. The normalized spacial score (nSPS) is 11.8. The highest BCUT2D eigenvalue weighted by atomic mass is 79.9. The third kappa shape index (κ3) is 3.64. The molecular weight excluding hydrogens is 340 g/mol. The lowest BCUT2D eigenvalue weighted by Crippen LogP contribution is -2.14. The first-order chi connectivity index (χ1) is 10.0. The molecule has 0 aliphatic heterocycles. The highest BCUT2D eigenvalue weighted by molar-refractivity contribution is 9.10. The Kier molecular flexibility index (Phi) is 4.66. The second kappa shape index (κ2) is 6.46. The number of nitrogens with zero attached hydrogens (tertiary/aromatic N) is 3. The summed E-state index contributed by atoms with van der Waals surface area (Å²) >= 11 is 3.36. The summed E-state index contributed by atoms with van der Waals surface area (Å²) in [7, 11) is 0. The number of anilines is 2. The van der Waals surface area contributed by atoms with Gasteiger partial charge in [-0.25, -0.2) is 10.8 Å². The van der Waals surface area contributed by atoms with Crippen molar-refractivity contribution in [2.24, 2.45) is 5.84 Å². The van der Waals surface area contributed by atoms with Crippen molar-refractivity contribution in [1.82, 2.24) is 9.97 Å². The van der Waals surface area contributed by atoms with Crippen LogP contribution in [0.5, 0.6) is 0 Å². The van der Waals surface area contributed by atoms with Crippen LogP contribution in [0.4, 0.5) is 17.5 Å². The lowest BCUT2D eigenvalue weighted by Gasteiger charge is -2.15. The van der Waals surface area contributed by atoms with Crippen LogP contribution in [0.3, 0.4) is 0 Å². The van der Waals surface area contributed by atoms with E-state index in [1.165, 1.54) is 0 Å². The van der Waals surface area contributed by atoms with Gasteiger partial charge in [0.2, 0.25) is 11.8 Å². The fourth-order valence-electron chi connectivity index (χ4n) is 1.72. The average Bonchev–Trinajstić information content (AvgIpc) is 2.47. The van der Waals surface area contributed by atoms with Crippen molar-refractivity contribution in [3.8, 4) is 0 Å². The van der Waals surface area contributed by atoms with Crippen LogP contribution >= 0.6 is 15.9 Å². The van der Waals surface area contributed by atoms with E-state index < -0.39 is 4.92 Å². The number of nitrogen functional groups attached to an aromatic ring is 1. The summed E-state index contributed by atoms with van der Waals surface area (Å²) in [4.78, 5) is 18.2. The monoisotopic (exact) mass is 352 g/mol. The number of hydrogen-bond acceptors (Lipinski definition) is 7. The first-order valence-electron chi connectivity index (χ1n) is 6.01. The number of hydrogen-bond donors (Lipinski definition) is 3. The van der Waals surface area contributed by atoms with Crippen molar-refractivity contribution in [1.29, 1.82) is 0 Å². The number of nitro groups is 1. The van der Waals surface area contributed by atoms with Gasteiger partial charge < -0.3 is 5.32 Å². The van der Waals surface area contributed by atoms with Crippen LogP contribution in [0.25, 0.3) is 0 Å².